The molecule has 0 aliphatic rings. The van der Waals surface area contributed by atoms with E-state index >= 15 is 0 Å². The molecule has 0 fully saturated rings. The Bertz CT molecular complexity index is 638. The number of benzene rings is 2. The van der Waals surface area contributed by atoms with E-state index in [0.29, 0.717) is 5.75 Å². The van der Waals surface area contributed by atoms with E-state index in [0.717, 1.165) is 16.7 Å². The molecule has 5 heteroatoms. The lowest BCUT2D eigenvalue weighted by atomic mass is 10.0. The summed E-state index contributed by atoms with van der Waals surface area (Å²) in [5.74, 6) is 0.310. The minimum Gasteiger partial charge on any atom is -0.418 e. The van der Waals surface area contributed by atoms with E-state index in [-0.39, 0.29) is 10.9 Å². The third kappa shape index (κ3) is 3.76. The van der Waals surface area contributed by atoms with Gasteiger partial charge in [-0.15, -0.1) is 0 Å². The van der Waals surface area contributed by atoms with Crippen LogP contribution >= 0.6 is 12.0 Å². The molecule has 21 heavy (non-hydrogen) atoms. The van der Waals surface area contributed by atoms with Crippen LogP contribution in [-0.2, 0) is 0 Å². The number of nitro groups is 1. The Hall–Kier alpha value is -2.01. The maximum atomic E-state index is 11.2. The minimum atomic E-state index is -0.409. The van der Waals surface area contributed by atoms with E-state index in [1.165, 1.54) is 18.1 Å². The highest BCUT2D eigenvalue weighted by molar-refractivity contribution is 7.95. The van der Waals surface area contributed by atoms with Gasteiger partial charge in [0.1, 0.15) is 0 Å². The van der Waals surface area contributed by atoms with Crippen molar-refractivity contribution in [3.63, 3.8) is 0 Å². The fourth-order valence-corrected chi connectivity index (χ4v) is 2.32. The van der Waals surface area contributed by atoms with E-state index in [4.69, 9.17) is 4.18 Å². The van der Waals surface area contributed by atoms with Gasteiger partial charge in [0.2, 0.25) is 5.75 Å². The Kier molecular flexibility index (Phi) is 4.85. The molecule has 2 rings (SSSR count). The molecule has 0 saturated carbocycles. The number of nitro benzene ring substituents is 1. The van der Waals surface area contributed by atoms with E-state index < -0.39 is 4.92 Å². The molecule has 0 aliphatic heterocycles. The van der Waals surface area contributed by atoms with Crippen molar-refractivity contribution in [2.75, 3.05) is 0 Å². The summed E-state index contributed by atoms with van der Waals surface area (Å²) in [6.07, 6.45) is 0. The van der Waals surface area contributed by atoms with Gasteiger partial charge >= 0.3 is 5.69 Å². The first-order valence-electron chi connectivity index (χ1n) is 6.67. The molecule has 0 amide bonds. The zero-order valence-electron chi connectivity index (χ0n) is 12.2. The normalized spacial score (nSPS) is 10.7. The van der Waals surface area contributed by atoms with E-state index in [9.17, 15) is 10.1 Å². The van der Waals surface area contributed by atoms with Gasteiger partial charge in [-0.3, -0.25) is 10.1 Å². The summed E-state index contributed by atoms with van der Waals surface area (Å²) in [5.41, 5.74) is 2.77. The van der Waals surface area contributed by atoms with Crippen molar-refractivity contribution >= 4 is 17.7 Å². The topological polar surface area (TPSA) is 52.4 Å². The van der Waals surface area contributed by atoms with Gasteiger partial charge < -0.3 is 4.18 Å². The van der Waals surface area contributed by atoms with Crippen LogP contribution in [0.5, 0.6) is 5.75 Å². The average molecular weight is 303 g/mol. The lowest BCUT2D eigenvalue weighted by Crippen LogP contribution is -1.98. The number of para-hydroxylation sites is 1. The van der Waals surface area contributed by atoms with Crippen LogP contribution in [0.2, 0.25) is 0 Å². The van der Waals surface area contributed by atoms with Gasteiger partial charge in [0.05, 0.1) is 17.0 Å². The SMILES string of the molecule is Cc1ccc(-c2cccc([N+](=O)[O-])c2OSC(C)C)cc1. The summed E-state index contributed by atoms with van der Waals surface area (Å²) < 4.78 is 5.65. The molecule has 0 radical (unpaired) electrons. The maximum Gasteiger partial charge on any atom is 0.313 e. The Morgan fingerprint density at radius 1 is 1.14 bits per heavy atom. The number of nitrogens with zero attached hydrogens (tertiary/aromatic N) is 1. The van der Waals surface area contributed by atoms with Crippen molar-refractivity contribution in [1.29, 1.82) is 0 Å². The highest BCUT2D eigenvalue weighted by Gasteiger charge is 2.21. The molecule has 110 valence electrons. The first-order valence-corrected chi connectivity index (χ1v) is 7.47. The fourth-order valence-electron chi connectivity index (χ4n) is 1.86. The smallest absolute Gasteiger partial charge is 0.313 e. The monoisotopic (exact) mass is 303 g/mol. The number of rotatable bonds is 5. The molecule has 2 aromatic carbocycles. The standard InChI is InChI=1S/C16H17NO3S/c1-11(2)21-20-16-14(5-4-6-15(16)17(18)19)13-9-7-12(3)8-10-13/h4-11H,1-3H3. The summed E-state index contributed by atoms with van der Waals surface area (Å²) in [5, 5.41) is 11.4. The van der Waals surface area contributed by atoms with Gasteiger partial charge in [-0.05, 0) is 12.5 Å². The van der Waals surface area contributed by atoms with Crippen molar-refractivity contribution in [2.45, 2.75) is 26.0 Å². The lowest BCUT2D eigenvalue weighted by Gasteiger charge is -2.12. The molecule has 0 bridgehead atoms. The van der Waals surface area contributed by atoms with Crippen LogP contribution in [-0.4, -0.2) is 10.2 Å². The van der Waals surface area contributed by atoms with E-state index in [2.05, 4.69) is 0 Å². The first-order chi connectivity index (χ1) is 9.99. The van der Waals surface area contributed by atoms with Crippen molar-refractivity contribution < 1.29 is 9.11 Å². The summed E-state index contributed by atoms with van der Waals surface area (Å²) in [7, 11) is 0. The second kappa shape index (κ2) is 6.63. The molecule has 0 unspecified atom stereocenters. The fraction of sp³-hybridized carbons (Fsp3) is 0.250. The van der Waals surface area contributed by atoms with Crippen LogP contribution in [0, 0.1) is 17.0 Å². The maximum absolute atomic E-state index is 11.2. The van der Waals surface area contributed by atoms with Crippen molar-refractivity contribution in [2.24, 2.45) is 0 Å². The highest BCUT2D eigenvalue weighted by atomic mass is 32.2. The van der Waals surface area contributed by atoms with Crippen LogP contribution < -0.4 is 4.18 Å². The van der Waals surface area contributed by atoms with Crippen LogP contribution in [0.25, 0.3) is 11.1 Å². The predicted molar refractivity (Wildman–Crippen MR) is 86.6 cm³/mol. The van der Waals surface area contributed by atoms with Gasteiger partial charge in [0.15, 0.2) is 0 Å². The van der Waals surface area contributed by atoms with Gasteiger partial charge in [0.25, 0.3) is 0 Å². The molecule has 4 nitrogen and oxygen atoms in total. The van der Waals surface area contributed by atoms with Gasteiger partial charge in [-0.2, -0.15) is 0 Å². The Morgan fingerprint density at radius 3 is 2.38 bits per heavy atom. The molecule has 0 N–H and O–H groups in total. The molecule has 0 saturated heterocycles. The molecule has 0 aliphatic carbocycles. The summed E-state index contributed by atoms with van der Waals surface area (Å²) in [6.45, 7) is 5.96. The Labute approximate surface area is 128 Å². The largest absolute Gasteiger partial charge is 0.418 e. The molecular weight excluding hydrogens is 286 g/mol. The van der Waals surface area contributed by atoms with Gasteiger partial charge in [0, 0.05) is 16.9 Å². The quantitative estimate of drug-likeness (QED) is 0.443. The summed E-state index contributed by atoms with van der Waals surface area (Å²) in [4.78, 5) is 10.8. The molecule has 2 aromatic rings. The minimum absolute atomic E-state index is 0.0128. The number of hydrogen-bond acceptors (Lipinski definition) is 4. The third-order valence-corrected chi connectivity index (χ3v) is 3.53. The predicted octanol–water partition coefficient (Wildman–Crippen LogP) is 5.01. The molecular formula is C16H17NO3S. The van der Waals surface area contributed by atoms with E-state index in [1.54, 1.807) is 6.07 Å². The molecule has 0 heterocycles. The van der Waals surface area contributed by atoms with E-state index in [1.807, 2.05) is 51.1 Å². The summed E-state index contributed by atoms with van der Waals surface area (Å²) >= 11 is 1.22. The lowest BCUT2D eigenvalue weighted by molar-refractivity contribution is -0.385. The van der Waals surface area contributed by atoms with Crippen LogP contribution in [0.15, 0.2) is 42.5 Å². The second-order valence-electron chi connectivity index (χ2n) is 5.01. The average Bonchev–Trinajstić information content (AvgIpc) is 2.45. The van der Waals surface area contributed by atoms with Crippen molar-refractivity contribution in [3.8, 4) is 16.9 Å². The molecule has 0 aromatic heterocycles. The highest BCUT2D eigenvalue weighted by Crippen LogP contribution is 2.40. The first kappa shape index (κ1) is 15.4. The van der Waals surface area contributed by atoms with Crippen LogP contribution in [0.1, 0.15) is 19.4 Å². The molecule has 0 spiro atoms. The zero-order chi connectivity index (χ0) is 15.4. The molecule has 0 atom stereocenters. The number of aryl methyl sites for hydroxylation is 1. The Balaban J connectivity index is 2.50. The van der Waals surface area contributed by atoms with Gasteiger partial charge in [-0.25, -0.2) is 0 Å². The van der Waals surface area contributed by atoms with Crippen LogP contribution in [0.3, 0.4) is 0 Å². The zero-order valence-corrected chi connectivity index (χ0v) is 13.0. The third-order valence-electron chi connectivity index (χ3n) is 2.88. The Morgan fingerprint density at radius 2 is 1.81 bits per heavy atom. The van der Waals surface area contributed by atoms with Crippen LogP contribution in [0.4, 0.5) is 5.69 Å². The van der Waals surface area contributed by atoms with Crippen molar-refractivity contribution in [3.05, 3.63) is 58.1 Å². The van der Waals surface area contributed by atoms with Crippen molar-refractivity contribution in [1.82, 2.24) is 0 Å². The summed E-state index contributed by atoms with van der Waals surface area (Å²) in [6, 6.07) is 12.8. The van der Waals surface area contributed by atoms with Gasteiger partial charge in [-0.1, -0.05) is 55.8 Å². The second-order valence-corrected chi connectivity index (χ2v) is 6.31. The number of hydrogen-bond donors (Lipinski definition) is 0.